The van der Waals surface area contributed by atoms with E-state index in [1.165, 1.54) is 43.9 Å². The number of carbonyl (C=O) groups is 2. The van der Waals surface area contributed by atoms with Gasteiger partial charge >= 0.3 is 0 Å². The molecule has 1 saturated carbocycles. The Hall–Kier alpha value is -5.12. The number of imidazole rings is 1. The summed E-state index contributed by atoms with van der Waals surface area (Å²) < 4.78 is 40.8. The predicted octanol–water partition coefficient (Wildman–Crippen LogP) is 4.29. The van der Waals surface area contributed by atoms with Gasteiger partial charge in [0.2, 0.25) is 11.8 Å². The lowest BCUT2D eigenvalue weighted by molar-refractivity contribution is -0.121. The molecule has 1 aliphatic rings. The summed E-state index contributed by atoms with van der Waals surface area (Å²) in [6, 6.07) is 8.67. The molecule has 2 N–H and O–H groups in total. The third-order valence-electron chi connectivity index (χ3n) is 6.68. The Bertz CT molecular complexity index is 1730. The Kier molecular flexibility index (Phi) is 7.71. The van der Waals surface area contributed by atoms with E-state index in [1.807, 2.05) is 6.07 Å². The van der Waals surface area contributed by atoms with Gasteiger partial charge in [-0.1, -0.05) is 0 Å². The third-order valence-corrected chi connectivity index (χ3v) is 6.68. The van der Waals surface area contributed by atoms with E-state index in [0.717, 1.165) is 25.0 Å². The highest BCUT2D eigenvalue weighted by Gasteiger charge is 2.28. The molecule has 1 aromatic carbocycles. The van der Waals surface area contributed by atoms with Crippen LogP contribution < -0.4 is 20.1 Å². The molecule has 0 atom stereocenters. The fourth-order valence-electron chi connectivity index (χ4n) is 4.00. The van der Waals surface area contributed by atoms with Crippen LogP contribution in [0.15, 0.2) is 42.7 Å². The summed E-state index contributed by atoms with van der Waals surface area (Å²) in [5, 5.41) is 19.0. The molecule has 0 spiro atoms. The number of rotatable bonds is 10. The lowest BCUT2D eigenvalue weighted by atomic mass is 9.95. The molecule has 1 fully saturated rings. The summed E-state index contributed by atoms with van der Waals surface area (Å²) in [4.78, 5) is 34.1. The van der Waals surface area contributed by atoms with Crippen LogP contribution in [-0.2, 0) is 11.3 Å². The Balaban J connectivity index is 1.36. The number of hydrogen-bond donors (Lipinski definition) is 2. The van der Waals surface area contributed by atoms with Gasteiger partial charge in [0.25, 0.3) is 5.91 Å². The van der Waals surface area contributed by atoms with E-state index >= 15 is 0 Å². The molecule has 1 aliphatic carbocycles. The van der Waals surface area contributed by atoms with Crippen molar-refractivity contribution in [2.45, 2.75) is 33.2 Å². The number of carbonyl (C=O) groups excluding carboxylic acids is 2. The molecule has 0 unspecified atom stereocenters. The van der Waals surface area contributed by atoms with Gasteiger partial charge in [-0.05, 0) is 56.9 Å². The lowest BCUT2D eigenvalue weighted by Crippen LogP contribution is -2.29. The summed E-state index contributed by atoms with van der Waals surface area (Å²) in [6.45, 7) is 3.12. The van der Waals surface area contributed by atoms with Crippen LogP contribution >= 0.6 is 0 Å². The number of anilines is 1. The van der Waals surface area contributed by atoms with Crippen molar-refractivity contribution >= 4 is 23.3 Å². The average molecular weight is 576 g/mol. The first-order valence-electron chi connectivity index (χ1n) is 13.1. The van der Waals surface area contributed by atoms with E-state index in [-0.39, 0.29) is 35.1 Å². The molecule has 0 saturated heterocycles. The number of nitrogens with one attached hydrogen (secondary N) is 2. The van der Waals surface area contributed by atoms with Crippen molar-refractivity contribution in [1.29, 1.82) is 5.26 Å². The molecule has 13 heteroatoms. The summed E-state index contributed by atoms with van der Waals surface area (Å²) in [5.41, 5.74) is 0.337. The summed E-state index contributed by atoms with van der Waals surface area (Å²) in [6.07, 6.45) is 4.97. The van der Waals surface area contributed by atoms with Crippen LogP contribution in [0, 0.1) is 34.3 Å². The largest absolute Gasteiger partial charge is 0.490 e. The molecule has 0 bridgehead atoms. The zero-order valence-electron chi connectivity index (χ0n) is 23.1. The standard InChI is InChI=1S/C29H27F2N7O4/c1-29(2,15-32)28(40)36-23-13-38-24(35-23)7-6-22(37-38)17-9-20(27(41-3)34-11-17)26(39)33-12-18-8-19(30)10-21(31)25(18)42-14-16-4-5-16/h6-11,13,16H,4-5,12,14H2,1-3H3,(H,33,39)(H,36,40). The number of methoxy groups -OCH3 is 1. The number of benzene rings is 1. The van der Waals surface area contributed by atoms with Crippen molar-refractivity contribution in [3.63, 3.8) is 0 Å². The Labute approximate surface area is 239 Å². The number of ether oxygens (including phenoxy) is 2. The van der Waals surface area contributed by atoms with E-state index in [0.29, 0.717) is 29.4 Å². The first kappa shape index (κ1) is 28.4. The molecule has 216 valence electrons. The molecule has 0 radical (unpaired) electrons. The minimum Gasteiger partial charge on any atom is -0.490 e. The Morgan fingerprint density at radius 2 is 2.00 bits per heavy atom. The van der Waals surface area contributed by atoms with Gasteiger partial charge in [-0.25, -0.2) is 23.3 Å². The molecule has 4 aromatic rings. The Morgan fingerprint density at radius 1 is 1.21 bits per heavy atom. The first-order valence-corrected chi connectivity index (χ1v) is 13.1. The summed E-state index contributed by atoms with van der Waals surface area (Å²) in [7, 11) is 1.36. The molecule has 11 nitrogen and oxygen atoms in total. The second-order valence-electron chi connectivity index (χ2n) is 10.4. The molecule has 42 heavy (non-hydrogen) atoms. The van der Waals surface area contributed by atoms with Gasteiger partial charge in [0.15, 0.2) is 23.0 Å². The fourth-order valence-corrected chi connectivity index (χ4v) is 4.00. The molecular weight excluding hydrogens is 548 g/mol. The Morgan fingerprint density at radius 3 is 2.71 bits per heavy atom. The minimum absolute atomic E-state index is 0.0423. The quantitative estimate of drug-likeness (QED) is 0.285. The first-order chi connectivity index (χ1) is 20.1. The normalized spacial score (nSPS) is 13.0. The van der Waals surface area contributed by atoms with E-state index in [9.17, 15) is 23.6 Å². The number of hydrogen-bond acceptors (Lipinski definition) is 8. The van der Waals surface area contributed by atoms with Crippen molar-refractivity contribution in [3.05, 3.63) is 65.5 Å². The fraction of sp³-hybridized carbons (Fsp3) is 0.310. The van der Waals surface area contributed by atoms with Crippen LogP contribution in [0.1, 0.15) is 42.6 Å². The van der Waals surface area contributed by atoms with Crippen molar-refractivity contribution in [3.8, 4) is 29.0 Å². The maximum atomic E-state index is 14.5. The third kappa shape index (κ3) is 6.12. The van der Waals surface area contributed by atoms with Crippen molar-refractivity contribution in [1.82, 2.24) is 24.9 Å². The van der Waals surface area contributed by atoms with Crippen molar-refractivity contribution in [2.24, 2.45) is 11.3 Å². The highest BCUT2D eigenvalue weighted by molar-refractivity contribution is 5.97. The lowest BCUT2D eigenvalue weighted by Gasteiger charge is -2.14. The monoisotopic (exact) mass is 575 g/mol. The molecule has 3 heterocycles. The van der Waals surface area contributed by atoms with Gasteiger partial charge in [0.05, 0.1) is 31.7 Å². The number of fused-ring (bicyclic) bond motifs is 1. The van der Waals surface area contributed by atoms with Crippen LogP contribution in [0.4, 0.5) is 14.6 Å². The maximum absolute atomic E-state index is 14.5. The predicted molar refractivity (Wildman–Crippen MR) is 147 cm³/mol. The second kappa shape index (κ2) is 11.4. The zero-order chi connectivity index (χ0) is 30.0. The molecule has 5 rings (SSSR count). The topological polar surface area (TPSA) is 144 Å². The SMILES string of the molecule is COc1ncc(-c2ccc3nc(NC(=O)C(C)(C)C#N)cn3n2)cc1C(=O)NCc1cc(F)cc(F)c1OCC1CC1. The van der Waals surface area contributed by atoms with Crippen LogP contribution in [0.3, 0.4) is 0 Å². The second-order valence-corrected chi connectivity index (χ2v) is 10.4. The van der Waals surface area contributed by atoms with E-state index < -0.39 is 28.9 Å². The van der Waals surface area contributed by atoms with Crippen LogP contribution in [0.5, 0.6) is 11.6 Å². The van der Waals surface area contributed by atoms with Crippen LogP contribution in [-0.4, -0.2) is 45.1 Å². The van der Waals surface area contributed by atoms with Gasteiger partial charge in [-0.3, -0.25) is 9.59 Å². The number of nitrogens with zero attached hydrogens (tertiary/aromatic N) is 5. The highest BCUT2D eigenvalue weighted by Crippen LogP contribution is 2.32. The van der Waals surface area contributed by atoms with Gasteiger partial charge in [0, 0.05) is 29.9 Å². The average Bonchev–Trinajstić information content (AvgIpc) is 3.71. The van der Waals surface area contributed by atoms with Gasteiger partial charge in [-0.15, -0.1) is 0 Å². The van der Waals surface area contributed by atoms with Crippen molar-refractivity contribution in [2.75, 3.05) is 19.0 Å². The smallest absolute Gasteiger partial charge is 0.257 e. The summed E-state index contributed by atoms with van der Waals surface area (Å²) >= 11 is 0. The molecule has 3 aromatic heterocycles. The number of amides is 2. The van der Waals surface area contributed by atoms with Gasteiger partial charge in [0.1, 0.15) is 16.8 Å². The number of pyridine rings is 1. The van der Waals surface area contributed by atoms with Gasteiger partial charge < -0.3 is 20.1 Å². The highest BCUT2D eigenvalue weighted by atomic mass is 19.1. The molecule has 2 amide bonds. The summed E-state index contributed by atoms with van der Waals surface area (Å²) in [5.74, 6) is -2.19. The van der Waals surface area contributed by atoms with Crippen molar-refractivity contribution < 1.29 is 27.8 Å². The van der Waals surface area contributed by atoms with E-state index in [4.69, 9.17) is 9.47 Å². The van der Waals surface area contributed by atoms with E-state index in [2.05, 4.69) is 25.7 Å². The number of aromatic nitrogens is 4. The van der Waals surface area contributed by atoms with Crippen LogP contribution in [0.2, 0.25) is 0 Å². The number of nitriles is 1. The zero-order valence-corrected chi connectivity index (χ0v) is 23.1. The maximum Gasteiger partial charge on any atom is 0.257 e. The number of halogens is 2. The van der Waals surface area contributed by atoms with Gasteiger partial charge in [-0.2, -0.15) is 10.4 Å². The minimum atomic E-state index is -1.24. The van der Waals surface area contributed by atoms with E-state index in [1.54, 1.807) is 12.1 Å². The molecule has 0 aliphatic heterocycles. The van der Waals surface area contributed by atoms with Crippen LogP contribution in [0.25, 0.3) is 16.9 Å². The molecular formula is C29H27F2N7O4.